The van der Waals surface area contributed by atoms with Crippen LogP contribution in [-0.2, 0) is 17.8 Å². The van der Waals surface area contributed by atoms with Crippen LogP contribution in [0.3, 0.4) is 0 Å². The Balaban J connectivity index is 2.05. The van der Waals surface area contributed by atoms with Gasteiger partial charge in [0.1, 0.15) is 5.75 Å². The minimum atomic E-state index is -0.00762. The summed E-state index contributed by atoms with van der Waals surface area (Å²) in [5.41, 5.74) is 1.74. The van der Waals surface area contributed by atoms with Gasteiger partial charge in [0.05, 0.1) is 19.7 Å². The first-order valence-corrected chi connectivity index (χ1v) is 6.52. The fourth-order valence-corrected chi connectivity index (χ4v) is 2.10. The second-order valence-electron chi connectivity index (χ2n) is 4.49. The lowest BCUT2D eigenvalue weighted by Gasteiger charge is -2.17. The molecule has 1 amide bonds. The maximum absolute atomic E-state index is 12.2. The Morgan fingerprint density at radius 1 is 1.50 bits per heavy atom. The molecule has 0 spiro atoms. The fraction of sp³-hybridized carbons (Fsp3) is 0.286. The Kier molecular flexibility index (Phi) is 4.63. The fourth-order valence-electron chi connectivity index (χ4n) is 1.91. The van der Waals surface area contributed by atoms with Crippen LogP contribution in [0.15, 0.2) is 30.6 Å². The third kappa shape index (κ3) is 3.51. The van der Waals surface area contributed by atoms with Crippen molar-refractivity contribution in [3.63, 3.8) is 0 Å². The minimum Gasteiger partial charge on any atom is -0.496 e. The van der Waals surface area contributed by atoms with E-state index >= 15 is 0 Å². The average Bonchev–Trinajstić information content (AvgIpc) is 2.91. The van der Waals surface area contributed by atoms with Crippen molar-refractivity contribution in [1.29, 1.82) is 0 Å². The zero-order chi connectivity index (χ0) is 14.5. The molecule has 0 saturated carbocycles. The highest BCUT2D eigenvalue weighted by molar-refractivity contribution is 6.30. The number of benzene rings is 1. The molecular weight excluding hydrogens is 278 g/mol. The topological polar surface area (TPSA) is 58.2 Å². The summed E-state index contributed by atoms with van der Waals surface area (Å²) in [5.74, 6) is 0.659. The van der Waals surface area contributed by atoms with E-state index in [1.807, 2.05) is 0 Å². The molecule has 0 aliphatic heterocycles. The molecule has 1 aromatic heterocycles. The lowest BCUT2D eigenvalue weighted by atomic mass is 10.1. The summed E-state index contributed by atoms with van der Waals surface area (Å²) in [6.07, 6.45) is 3.71. The van der Waals surface area contributed by atoms with Crippen molar-refractivity contribution in [2.24, 2.45) is 0 Å². The maximum atomic E-state index is 12.2. The number of methoxy groups -OCH3 is 1. The summed E-state index contributed by atoms with van der Waals surface area (Å²) in [4.78, 5) is 13.9. The highest BCUT2D eigenvalue weighted by atomic mass is 35.5. The van der Waals surface area contributed by atoms with Crippen molar-refractivity contribution >= 4 is 17.5 Å². The lowest BCUT2D eigenvalue weighted by molar-refractivity contribution is -0.129. The van der Waals surface area contributed by atoms with Crippen molar-refractivity contribution in [3.05, 3.63) is 46.7 Å². The van der Waals surface area contributed by atoms with Gasteiger partial charge in [0.15, 0.2) is 0 Å². The van der Waals surface area contributed by atoms with Gasteiger partial charge in [0.2, 0.25) is 5.91 Å². The zero-order valence-corrected chi connectivity index (χ0v) is 12.1. The monoisotopic (exact) mass is 293 g/mol. The van der Waals surface area contributed by atoms with Crippen molar-refractivity contribution in [2.45, 2.75) is 13.0 Å². The first-order valence-electron chi connectivity index (χ1n) is 6.14. The molecule has 0 aliphatic rings. The molecule has 2 aromatic rings. The summed E-state index contributed by atoms with van der Waals surface area (Å²) in [6, 6.07) is 5.26. The van der Waals surface area contributed by atoms with Crippen molar-refractivity contribution in [1.82, 2.24) is 15.1 Å². The number of aromatic nitrogens is 2. The number of likely N-dealkylation sites (N-methyl/N-ethyl adjacent to an activating group) is 1. The number of nitrogens with one attached hydrogen (secondary N) is 1. The number of carbonyl (C=O) groups is 1. The van der Waals surface area contributed by atoms with Gasteiger partial charge in [-0.2, -0.15) is 5.10 Å². The first-order chi connectivity index (χ1) is 9.60. The Morgan fingerprint density at radius 2 is 2.30 bits per heavy atom. The van der Waals surface area contributed by atoms with Crippen molar-refractivity contribution in [2.75, 3.05) is 14.2 Å². The predicted molar refractivity (Wildman–Crippen MR) is 76.8 cm³/mol. The van der Waals surface area contributed by atoms with E-state index in [0.29, 0.717) is 17.3 Å². The van der Waals surface area contributed by atoms with Gasteiger partial charge in [-0.15, -0.1) is 0 Å². The van der Waals surface area contributed by atoms with Crippen molar-refractivity contribution < 1.29 is 9.53 Å². The van der Waals surface area contributed by atoms with E-state index in [2.05, 4.69) is 10.2 Å². The number of nitrogens with zero attached hydrogens (tertiary/aromatic N) is 2. The highest BCUT2D eigenvalue weighted by Crippen LogP contribution is 2.23. The largest absolute Gasteiger partial charge is 0.496 e. The number of ether oxygens (including phenoxy) is 1. The van der Waals surface area contributed by atoms with Gasteiger partial charge >= 0.3 is 0 Å². The second kappa shape index (κ2) is 6.43. The van der Waals surface area contributed by atoms with Gasteiger partial charge < -0.3 is 9.64 Å². The van der Waals surface area contributed by atoms with Crippen LogP contribution in [0.4, 0.5) is 0 Å². The third-order valence-corrected chi connectivity index (χ3v) is 3.22. The third-order valence-electron chi connectivity index (χ3n) is 2.98. The van der Waals surface area contributed by atoms with Crippen molar-refractivity contribution in [3.8, 4) is 5.75 Å². The second-order valence-corrected chi connectivity index (χ2v) is 4.93. The predicted octanol–water partition coefficient (Wildman–Crippen LogP) is 2.27. The van der Waals surface area contributed by atoms with Gasteiger partial charge in [-0.05, 0) is 18.2 Å². The molecule has 0 saturated heterocycles. The molecule has 1 N–H and O–H groups in total. The molecule has 5 nitrogen and oxygen atoms in total. The van der Waals surface area contributed by atoms with Crippen LogP contribution < -0.4 is 4.74 Å². The van der Waals surface area contributed by atoms with Crippen LogP contribution >= 0.6 is 11.6 Å². The standard InChI is InChI=1S/C14H16ClN3O2/c1-18(9-10-7-16-17-8-10)14(19)6-11-5-12(15)3-4-13(11)20-2/h3-5,7-8H,6,9H2,1-2H3,(H,16,17). The summed E-state index contributed by atoms with van der Waals surface area (Å²) < 4.78 is 5.24. The molecule has 1 aromatic carbocycles. The van der Waals surface area contributed by atoms with Crippen LogP contribution in [0.1, 0.15) is 11.1 Å². The van der Waals surface area contributed by atoms with E-state index in [1.165, 1.54) is 0 Å². The van der Waals surface area contributed by atoms with Crippen LogP contribution in [-0.4, -0.2) is 35.2 Å². The van der Waals surface area contributed by atoms with Crippen LogP contribution in [0.5, 0.6) is 5.75 Å². The average molecular weight is 294 g/mol. The molecule has 6 heteroatoms. The molecule has 0 atom stereocenters. The molecule has 20 heavy (non-hydrogen) atoms. The number of H-pyrrole nitrogens is 1. The normalized spacial score (nSPS) is 10.3. The Morgan fingerprint density at radius 3 is 2.95 bits per heavy atom. The van der Waals surface area contributed by atoms with E-state index < -0.39 is 0 Å². The van der Waals surface area contributed by atoms with Gasteiger partial charge in [-0.1, -0.05) is 11.6 Å². The molecule has 0 radical (unpaired) electrons. The van der Waals surface area contributed by atoms with E-state index in [-0.39, 0.29) is 12.3 Å². The molecule has 2 rings (SSSR count). The van der Waals surface area contributed by atoms with Gasteiger partial charge in [0.25, 0.3) is 0 Å². The first kappa shape index (κ1) is 14.4. The molecule has 106 valence electrons. The number of amides is 1. The molecule has 0 unspecified atom stereocenters. The van der Waals surface area contributed by atoms with Gasteiger partial charge in [-0.3, -0.25) is 9.89 Å². The van der Waals surface area contributed by atoms with Crippen LogP contribution in [0.25, 0.3) is 0 Å². The highest BCUT2D eigenvalue weighted by Gasteiger charge is 2.14. The zero-order valence-electron chi connectivity index (χ0n) is 11.4. The Labute approximate surface area is 122 Å². The summed E-state index contributed by atoms with van der Waals surface area (Å²) in [6.45, 7) is 0.512. The minimum absolute atomic E-state index is 0.00762. The molecule has 0 aliphatic carbocycles. The number of hydrogen-bond donors (Lipinski definition) is 1. The summed E-state index contributed by atoms with van der Waals surface area (Å²) in [5, 5.41) is 7.17. The van der Waals surface area contributed by atoms with E-state index in [0.717, 1.165) is 11.1 Å². The maximum Gasteiger partial charge on any atom is 0.227 e. The van der Waals surface area contributed by atoms with E-state index in [9.17, 15) is 4.79 Å². The Hall–Kier alpha value is -2.01. The SMILES string of the molecule is COc1ccc(Cl)cc1CC(=O)N(C)Cc1cn[nH]c1. The number of rotatable bonds is 5. The van der Waals surface area contributed by atoms with Crippen LogP contribution in [0.2, 0.25) is 5.02 Å². The molecule has 1 heterocycles. The smallest absolute Gasteiger partial charge is 0.227 e. The quantitative estimate of drug-likeness (QED) is 0.920. The summed E-state index contributed by atoms with van der Waals surface area (Å²) in [7, 11) is 3.33. The number of carbonyl (C=O) groups excluding carboxylic acids is 1. The summed E-state index contributed by atoms with van der Waals surface area (Å²) >= 11 is 5.96. The number of hydrogen-bond acceptors (Lipinski definition) is 3. The number of aromatic amines is 1. The molecule has 0 fully saturated rings. The molecule has 0 bridgehead atoms. The van der Waals surface area contributed by atoms with E-state index in [1.54, 1.807) is 49.7 Å². The van der Waals surface area contributed by atoms with Gasteiger partial charge in [-0.25, -0.2) is 0 Å². The molecular formula is C14H16ClN3O2. The van der Waals surface area contributed by atoms with E-state index in [4.69, 9.17) is 16.3 Å². The lowest BCUT2D eigenvalue weighted by Crippen LogP contribution is -2.27. The number of halogens is 1. The Bertz CT molecular complexity index is 584. The van der Waals surface area contributed by atoms with Gasteiger partial charge in [0, 0.05) is 35.9 Å². The van der Waals surface area contributed by atoms with Crippen LogP contribution in [0, 0.1) is 0 Å².